The summed E-state index contributed by atoms with van der Waals surface area (Å²) in [6.45, 7) is 2.30. The molecule has 1 aliphatic rings. The topological polar surface area (TPSA) is 91.4 Å². The zero-order valence-corrected chi connectivity index (χ0v) is 16.8. The Morgan fingerprint density at radius 3 is 2.81 bits per heavy atom. The quantitative estimate of drug-likeness (QED) is 0.514. The number of rotatable bonds is 6. The molecule has 1 atom stereocenters. The second-order valence-corrected chi connectivity index (χ2v) is 7.21. The minimum absolute atomic E-state index is 0.0891. The largest absolute Gasteiger partial charge is 0.454 e. The molecule has 1 aliphatic heterocycles. The molecule has 1 amide bonds. The van der Waals surface area contributed by atoms with Crippen LogP contribution < -0.4 is 14.8 Å². The summed E-state index contributed by atoms with van der Waals surface area (Å²) in [5, 5.41) is 7.10. The third-order valence-electron chi connectivity index (χ3n) is 5.10. The second-order valence-electron chi connectivity index (χ2n) is 7.21. The summed E-state index contributed by atoms with van der Waals surface area (Å²) in [4.78, 5) is 17.1. The molecular formula is C23H20N4O4. The molecule has 8 nitrogen and oxygen atoms in total. The van der Waals surface area contributed by atoms with Crippen molar-refractivity contribution in [2.24, 2.45) is 0 Å². The number of nitrogens with one attached hydrogen (secondary N) is 1. The SMILES string of the molecule is CC(NC(=O)Cn1cccc1-c1nc(-c2ccc3c(c2)OCO3)no1)c1ccccc1. The Bertz CT molecular complexity index is 1220. The number of benzene rings is 2. The first kappa shape index (κ1) is 18.9. The zero-order chi connectivity index (χ0) is 21.2. The van der Waals surface area contributed by atoms with Crippen LogP contribution in [0.25, 0.3) is 23.0 Å². The molecule has 0 radical (unpaired) electrons. The first-order valence-corrected chi connectivity index (χ1v) is 9.91. The van der Waals surface area contributed by atoms with E-state index in [1.54, 1.807) is 4.57 Å². The summed E-state index contributed by atoms with van der Waals surface area (Å²) < 4.78 is 18.0. The van der Waals surface area contributed by atoms with Crippen molar-refractivity contribution in [1.82, 2.24) is 20.0 Å². The average molecular weight is 416 g/mol. The summed E-state index contributed by atoms with van der Waals surface area (Å²) in [7, 11) is 0. The highest BCUT2D eigenvalue weighted by atomic mass is 16.7. The molecule has 1 N–H and O–H groups in total. The van der Waals surface area contributed by atoms with E-state index < -0.39 is 0 Å². The van der Waals surface area contributed by atoms with Crippen LogP contribution in [0.5, 0.6) is 11.5 Å². The normalized spacial score (nSPS) is 13.2. The fraction of sp³-hybridized carbons (Fsp3) is 0.174. The van der Waals surface area contributed by atoms with E-state index in [1.165, 1.54) is 0 Å². The van der Waals surface area contributed by atoms with Crippen molar-refractivity contribution in [3.8, 4) is 34.5 Å². The van der Waals surface area contributed by atoms with E-state index in [0.29, 0.717) is 28.9 Å². The van der Waals surface area contributed by atoms with E-state index in [2.05, 4.69) is 15.5 Å². The van der Waals surface area contributed by atoms with E-state index in [-0.39, 0.29) is 25.3 Å². The van der Waals surface area contributed by atoms with Crippen LogP contribution in [0, 0.1) is 0 Å². The lowest BCUT2D eigenvalue weighted by Gasteiger charge is -2.15. The smallest absolute Gasteiger partial charge is 0.274 e. The van der Waals surface area contributed by atoms with Gasteiger partial charge in [0.25, 0.3) is 5.89 Å². The molecule has 156 valence electrons. The van der Waals surface area contributed by atoms with Gasteiger partial charge in [-0.2, -0.15) is 4.98 Å². The monoisotopic (exact) mass is 416 g/mol. The van der Waals surface area contributed by atoms with Crippen LogP contribution in [-0.4, -0.2) is 27.4 Å². The van der Waals surface area contributed by atoms with Crippen LogP contribution in [0.2, 0.25) is 0 Å². The number of hydrogen-bond donors (Lipinski definition) is 1. The fourth-order valence-electron chi connectivity index (χ4n) is 3.49. The maximum absolute atomic E-state index is 12.6. The Labute approximate surface area is 178 Å². The first-order valence-electron chi connectivity index (χ1n) is 9.91. The molecule has 0 fully saturated rings. The Morgan fingerprint density at radius 1 is 1.10 bits per heavy atom. The maximum atomic E-state index is 12.6. The van der Waals surface area contributed by atoms with Crippen molar-refractivity contribution < 1.29 is 18.8 Å². The molecule has 1 unspecified atom stereocenters. The number of carbonyl (C=O) groups is 1. The summed E-state index contributed by atoms with van der Waals surface area (Å²) in [5.74, 6) is 2.00. The summed E-state index contributed by atoms with van der Waals surface area (Å²) in [5.41, 5.74) is 2.47. The van der Waals surface area contributed by atoms with Gasteiger partial charge in [0.05, 0.1) is 6.04 Å². The van der Waals surface area contributed by atoms with Gasteiger partial charge in [0.15, 0.2) is 11.5 Å². The van der Waals surface area contributed by atoms with E-state index in [1.807, 2.05) is 73.8 Å². The summed E-state index contributed by atoms with van der Waals surface area (Å²) in [6.07, 6.45) is 1.81. The van der Waals surface area contributed by atoms with E-state index >= 15 is 0 Å². The van der Waals surface area contributed by atoms with Crippen molar-refractivity contribution in [2.45, 2.75) is 19.5 Å². The van der Waals surface area contributed by atoms with Crippen molar-refractivity contribution >= 4 is 5.91 Å². The molecule has 0 aliphatic carbocycles. The van der Waals surface area contributed by atoms with E-state index in [9.17, 15) is 4.79 Å². The Kier molecular flexibility index (Phi) is 4.87. The summed E-state index contributed by atoms with van der Waals surface area (Å²) >= 11 is 0. The summed E-state index contributed by atoms with van der Waals surface area (Å²) in [6, 6.07) is 18.9. The van der Waals surface area contributed by atoms with Crippen molar-refractivity contribution in [3.05, 3.63) is 72.4 Å². The molecule has 2 aromatic carbocycles. The van der Waals surface area contributed by atoms with Gasteiger partial charge in [-0.25, -0.2) is 0 Å². The molecule has 8 heteroatoms. The number of carbonyl (C=O) groups excluding carboxylic acids is 1. The van der Waals surface area contributed by atoms with Gasteiger partial charge in [-0.3, -0.25) is 4.79 Å². The maximum Gasteiger partial charge on any atom is 0.274 e. The highest BCUT2D eigenvalue weighted by Gasteiger charge is 2.19. The van der Waals surface area contributed by atoms with Crippen LogP contribution in [0.1, 0.15) is 18.5 Å². The number of hydrogen-bond acceptors (Lipinski definition) is 6. The number of fused-ring (bicyclic) bond motifs is 1. The lowest BCUT2D eigenvalue weighted by atomic mass is 10.1. The van der Waals surface area contributed by atoms with Crippen molar-refractivity contribution in [2.75, 3.05) is 6.79 Å². The van der Waals surface area contributed by atoms with Crippen LogP contribution in [0.4, 0.5) is 0 Å². The molecule has 0 saturated carbocycles. The van der Waals surface area contributed by atoms with Gasteiger partial charge in [-0.1, -0.05) is 35.5 Å². The fourth-order valence-corrected chi connectivity index (χ4v) is 3.49. The number of nitrogens with zero attached hydrogens (tertiary/aromatic N) is 3. The van der Waals surface area contributed by atoms with Gasteiger partial charge in [-0.15, -0.1) is 0 Å². The van der Waals surface area contributed by atoms with Crippen LogP contribution in [0.3, 0.4) is 0 Å². The predicted octanol–water partition coefficient (Wildman–Crippen LogP) is 3.81. The first-order chi connectivity index (χ1) is 15.2. The number of ether oxygens (including phenoxy) is 2. The van der Waals surface area contributed by atoms with Crippen molar-refractivity contribution in [3.63, 3.8) is 0 Å². The van der Waals surface area contributed by atoms with E-state index in [4.69, 9.17) is 14.0 Å². The lowest BCUT2D eigenvalue weighted by Crippen LogP contribution is -2.30. The molecule has 0 bridgehead atoms. The third-order valence-corrected chi connectivity index (χ3v) is 5.10. The molecule has 3 heterocycles. The Hall–Kier alpha value is -4.07. The standard InChI is InChI=1S/C23H20N4O4/c1-15(16-6-3-2-4-7-16)24-21(28)13-27-11-5-8-18(27)23-25-22(26-31-23)17-9-10-19-20(12-17)30-14-29-19/h2-12,15H,13-14H2,1H3,(H,24,28). The number of aromatic nitrogens is 3. The minimum Gasteiger partial charge on any atom is -0.454 e. The molecule has 0 spiro atoms. The Balaban J connectivity index is 1.31. The van der Waals surface area contributed by atoms with Gasteiger partial charge < -0.3 is 23.9 Å². The molecular weight excluding hydrogens is 396 g/mol. The van der Waals surface area contributed by atoms with Crippen LogP contribution in [-0.2, 0) is 11.3 Å². The molecule has 31 heavy (non-hydrogen) atoms. The van der Waals surface area contributed by atoms with Crippen LogP contribution >= 0.6 is 0 Å². The predicted molar refractivity (Wildman–Crippen MR) is 112 cm³/mol. The van der Waals surface area contributed by atoms with Gasteiger partial charge >= 0.3 is 0 Å². The highest BCUT2D eigenvalue weighted by Crippen LogP contribution is 2.35. The van der Waals surface area contributed by atoms with Gasteiger partial charge in [-0.05, 0) is 42.8 Å². The van der Waals surface area contributed by atoms with Gasteiger partial charge in [0, 0.05) is 11.8 Å². The molecule has 5 rings (SSSR count). The van der Waals surface area contributed by atoms with E-state index in [0.717, 1.165) is 11.1 Å². The van der Waals surface area contributed by atoms with Gasteiger partial charge in [0.1, 0.15) is 12.2 Å². The molecule has 0 saturated heterocycles. The minimum atomic E-state index is -0.107. The Morgan fingerprint density at radius 2 is 1.94 bits per heavy atom. The van der Waals surface area contributed by atoms with Crippen LogP contribution in [0.15, 0.2) is 71.4 Å². The van der Waals surface area contributed by atoms with Crippen molar-refractivity contribution in [1.29, 1.82) is 0 Å². The number of amides is 1. The lowest BCUT2D eigenvalue weighted by molar-refractivity contribution is -0.122. The van der Waals surface area contributed by atoms with Gasteiger partial charge in [0.2, 0.25) is 18.5 Å². The second kappa shape index (κ2) is 7.98. The average Bonchev–Trinajstić information content (AvgIpc) is 3.54. The third kappa shape index (κ3) is 3.87. The molecule has 4 aromatic rings. The zero-order valence-electron chi connectivity index (χ0n) is 16.8. The highest BCUT2D eigenvalue weighted by molar-refractivity contribution is 5.77. The molecule has 2 aromatic heterocycles.